The van der Waals surface area contributed by atoms with Crippen LogP contribution in [0.1, 0.15) is 23.1 Å². The molecule has 0 spiro atoms. The first-order chi connectivity index (χ1) is 12.2. The van der Waals surface area contributed by atoms with Crippen molar-refractivity contribution in [2.24, 2.45) is 0 Å². The first-order valence-corrected chi connectivity index (χ1v) is 8.19. The molecule has 1 aromatic carbocycles. The number of carbonyl (C=O) groups excluding carboxylic acids is 1. The predicted molar refractivity (Wildman–Crippen MR) is 94.1 cm³/mol. The van der Waals surface area contributed by atoms with E-state index in [4.69, 9.17) is 4.74 Å². The van der Waals surface area contributed by atoms with Crippen LogP contribution in [0.25, 0.3) is 5.69 Å². The van der Waals surface area contributed by atoms with Crippen molar-refractivity contribution in [3.63, 3.8) is 0 Å². The number of carbonyl (C=O) groups is 1. The summed E-state index contributed by atoms with van der Waals surface area (Å²) in [6.45, 7) is 3.28. The van der Waals surface area contributed by atoms with E-state index < -0.39 is 0 Å². The van der Waals surface area contributed by atoms with Crippen molar-refractivity contribution in [2.75, 3.05) is 13.7 Å². The quantitative estimate of drug-likeness (QED) is 0.715. The van der Waals surface area contributed by atoms with E-state index in [0.717, 1.165) is 17.9 Å². The van der Waals surface area contributed by atoms with E-state index in [1.807, 2.05) is 35.0 Å². The number of aromatic nitrogens is 4. The van der Waals surface area contributed by atoms with Gasteiger partial charge in [-0.3, -0.25) is 4.79 Å². The molecular weight excluding hydrogens is 318 g/mol. The second-order valence-corrected chi connectivity index (χ2v) is 5.49. The molecule has 1 amide bonds. The van der Waals surface area contributed by atoms with Crippen LogP contribution in [0.15, 0.2) is 49.1 Å². The number of ether oxygens (including phenoxy) is 1. The Bertz CT molecular complexity index is 853. The molecule has 0 aliphatic heterocycles. The van der Waals surface area contributed by atoms with Crippen molar-refractivity contribution in [3.8, 4) is 11.4 Å². The fraction of sp³-hybridized carbons (Fsp3) is 0.278. The van der Waals surface area contributed by atoms with Crippen molar-refractivity contribution in [2.45, 2.75) is 19.9 Å². The van der Waals surface area contributed by atoms with Crippen LogP contribution >= 0.6 is 0 Å². The van der Waals surface area contributed by atoms with Crippen molar-refractivity contribution in [3.05, 3.63) is 60.4 Å². The molecule has 0 bridgehead atoms. The Balaban J connectivity index is 1.63. The number of nitrogens with zero attached hydrogens (tertiary/aromatic N) is 4. The summed E-state index contributed by atoms with van der Waals surface area (Å²) >= 11 is 0. The van der Waals surface area contributed by atoms with Crippen molar-refractivity contribution >= 4 is 5.91 Å². The van der Waals surface area contributed by atoms with Gasteiger partial charge in [-0.1, -0.05) is 19.1 Å². The number of imidazole rings is 1. The molecule has 3 aromatic rings. The largest absolute Gasteiger partial charge is 0.494 e. The van der Waals surface area contributed by atoms with Crippen molar-refractivity contribution in [1.82, 2.24) is 24.6 Å². The molecule has 2 heterocycles. The summed E-state index contributed by atoms with van der Waals surface area (Å²) in [6, 6.07) is 7.53. The molecule has 0 fully saturated rings. The molecule has 0 aliphatic rings. The van der Waals surface area contributed by atoms with E-state index in [1.54, 1.807) is 30.4 Å². The lowest BCUT2D eigenvalue weighted by Crippen LogP contribution is -2.27. The van der Waals surface area contributed by atoms with Crippen LogP contribution < -0.4 is 10.1 Å². The first kappa shape index (κ1) is 16.8. The highest BCUT2D eigenvalue weighted by atomic mass is 16.5. The number of methoxy groups -OCH3 is 1. The highest BCUT2D eigenvalue weighted by molar-refractivity contribution is 5.93. The van der Waals surface area contributed by atoms with E-state index in [0.29, 0.717) is 24.4 Å². The van der Waals surface area contributed by atoms with Gasteiger partial charge in [0.15, 0.2) is 0 Å². The lowest BCUT2D eigenvalue weighted by atomic mass is 10.3. The molecule has 2 aromatic heterocycles. The fourth-order valence-electron chi connectivity index (χ4n) is 2.64. The molecule has 0 unspecified atom stereocenters. The van der Waals surface area contributed by atoms with E-state index >= 15 is 0 Å². The third-order valence-corrected chi connectivity index (χ3v) is 3.93. The minimum absolute atomic E-state index is 0.153. The van der Waals surface area contributed by atoms with Gasteiger partial charge in [-0.25, -0.2) is 9.67 Å². The van der Waals surface area contributed by atoms with Crippen molar-refractivity contribution in [1.29, 1.82) is 0 Å². The maximum Gasteiger partial charge on any atom is 0.254 e. The number of hydrogen-bond acceptors (Lipinski definition) is 4. The average Bonchev–Trinajstić information content (AvgIpc) is 3.31. The van der Waals surface area contributed by atoms with Crippen LogP contribution in [0.2, 0.25) is 0 Å². The molecule has 0 saturated heterocycles. The highest BCUT2D eigenvalue weighted by Crippen LogP contribution is 2.21. The third kappa shape index (κ3) is 3.71. The number of para-hydroxylation sites is 2. The summed E-state index contributed by atoms with van der Waals surface area (Å²) in [7, 11) is 1.61. The Morgan fingerprint density at radius 3 is 2.96 bits per heavy atom. The van der Waals surface area contributed by atoms with Crippen LogP contribution in [0, 0.1) is 0 Å². The van der Waals surface area contributed by atoms with E-state index in [-0.39, 0.29) is 5.91 Å². The topological polar surface area (TPSA) is 74.0 Å². The number of rotatable bonds is 7. The number of amides is 1. The van der Waals surface area contributed by atoms with E-state index in [9.17, 15) is 4.79 Å². The molecule has 7 heteroatoms. The van der Waals surface area contributed by atoms with Crippen molar-refractivity contribution < 1.29 is 9.53 Å². The lowest BCUT2D eigenvalue weighted by molar-refractivity contribution is 0.0952. The van der Waals surface area contributed by atoms with E-state index in [2.05, 4.69) is 22.3 Å². The highest BCUT2D eigenvalue weighted by Gasteiger charge is 2.11. The molecule has 0 atom stereocenters. The first-order valence-electron chi connectivity index (χ1n) is 8.19. The van der Waals surface area contributed by atoms with Crippen LogP contribution in [0.3, 0.4) is 0 Å². The van der Waals surface area contributed by atoms with Gasteiger partial charge in [-0.05, 0) is 12.1 Å². The summed E-state index contributed by atoms with van der Waals surface area (Å²) in [5.41, 5.74) is 1.29. The maximum absolute atomic E-state index is 12.3. The average molecular weight is 339 g/mol. The van der Waals surface area contributed by atoms with Crippen LogP contribution in [0.5, 0.6) is 5.75 Å². The van der Waals surface area contributed by atoms with Crippen LogP contribution in [0.4, 0.5) is 0 Å². The molecule has 0 saturated carbocycles. The van der Waals surface area contributed by atoms with Gasteiger partial charge in [-0.2, -0.15) is 5.10 Å². The number of hydrogen-bond donors (Lipinski definition) is 1. The second-order valence-electron chi connectivity index (χ2n) is 5.49. The number of benzene rings is 1. The normalized spacial score (nSPS) is 10.6. The molecule has 7 nitrogen and oxygen atoms in total. The molecule has 3 rings (SSSR count). The van der Waals surface area contributed by atoms with Gasteiger partial charge in [0.1, 0.15) is 17.3 Å². The molecule has 130 valence electrons. The molecular formula is C18H21N5O2. The molecule has 0 aliphatic carbocycles. The number of aryl methyl sites for hydroxylation is 1. The van der Waals surface area contributed by atoms with Crippen LogP contribution in [-0.4, -0.2) is 38.9 Å². The summed E-state index contributed by atoms with van der Waals surface area (Å²) in [5.74, 6) is 1.56. The lowest BCUT2D eigenvalue weighted by Gasteiger charge is -2.08. The van der Waals surface area contributed by atoms with Crippen LogP contribution in [-0.2, 0) is 13.0 Å². The predicted octanol–water partition coefficient (Wildman–Crippen LogP) is 2.07. The monoisotopic (exact) mass is 339 g/mol. The van der Waals surface area contributed by atoms with Gasteiger partial charge < -0.3 is 14.6 Å². The Morgan fingerprint density at radius 2 is 2.16 bits per heavy atom. The summed E-state index contributed by atoms with van der Waals surface area (Å²) in [5, 5.41) is 7.17. The molecule has 1 N–H and O–H groups in total. The van der Waals surface area contributed by atoms with Gasteiger partial charge in [0.2, 0.25) is 0 Å². The third-order valence-electron chi connectivity index (χ3n) is 3.93. The molecule has 0 radical (unpaired) electrons. The Labute approximate surface area is 146 Å². The minimum Gasteiger partial charge on any atom is -0.494 e. The maximum atomic E-state index is 12.3. The Morgan fingerprint density at radius 1 is 1.32 bits per heavy atom. The fourth-order valence-corrected chi connectivity index (χ4v) is 2.64. The minimum atomic E-state index is -0.153. The zero-order valence-electron chi connectivity index (χ0n) is 14.3. The van der Waals surface area contributed by atoms with E-state index in [1.165, 1.54) is 0 Å². The smallest absolute Gasteiger partial charge is 0.254 e. The Hall–Kier alpha value is -3.09. The van der Waals surface area contributed by atoms with Gasteiger partial charge in [0.05, 0.1) is 18.9 Å². The number of nitrogens with one attached hydrogen (secondary N) is 1. The molecule has 25 heavy (non-hydrogen) atoms. The Kier molecular flexibility index (Phi) is 5.13. The summed E-state index contributed by atoms with van der Waals surface area (Å²) in [6.07, 6.45) is 7.81. The standard InChI is InChI=1S/C18H21N5O2/c1-3-17-19-8-10-22(17)11-9-20-18(24)14-12-21-23(13-14)15-6-4-5-7-16(15)25-2/h4-8,10,12-13H,3,9,11H2,1-2H3,(H,20,24). The van der Waals surface area contributed by atoms with Gasteiger partial charge >= 0.3 is 0 Å². The zero-order chi connectivity index (χ0) is 17.6. The summed E-state index contributed by atoms with van der Waals surface area (Å²) < 4.78 is 9.01. The van der Waals surface area contributed by atoms with Gasteiger partial charge in [-0.15, -0.1) is 0 Å². The SMILES string of the molecule is CCc1nccn1CCNC(=O)c1cnn(-c2ccccc2OC)c1. The summed E-state index contributed by atoms with van der Waals surface area (Å²) in [4.78, 5) is 16.6. The zero-order valence-corrected chi connectivity index (χ0v) is 14.3. The second kappa shape index (κ2) is 7.65. The van der Waals surface area contributed by atoms with Gasteiger partial charge in [0.25, 0.3) is 5.91 Å². The van der Waals surface area contributed by atoms with Gasteiger partial charge in [0, 0.05) is 38.1 Å².